The molecule has 0 fully saturated rings. The molecule has 0 saturated carbocycles. The molecule has 0 aliphatic heterocycles. The summed E-state index contributed by atoms with van der Waals surface area (Å²) in [6, 6.07) is 9.50. The van der Waals surface area contributed by atoms with Crippen molar-refractivity contribution < 1.29 is 9.53 Å². The highest BCUT2D eigenvalue weighted by molar-refractivity contribution is 5.85. The van der Waals surface area contributed by atoms with E-state index in [1.54, 1.807) is 0 Å². The fourth-order valence-corrected chi connectivity index (χ4v) is 1.29. The Labute approximate surface area is 108 Å². The van der Waals surface area contributed by atoms with Crippen LogP contribution in [0.25, 0.3) is 0 Å². The fraction of sp³-hybridized carbons (Fsp3) is 0.417. The van der Waals surface area contributed by atoms with Gasteiger partial charge in [0, 0.05) is 19.2 Å². The summed E-state index contributed by atoms with van der Waals surface area (Å²) in [6.07, 6.45) is 0. The summed E-state index contributed by atoms with van der Waals surface area (Å²) in [5.74, 6) is -0.131. The van der Waals surface area contributed by atoms with Crippen LogP contribution in [0.1, 0.15) is 18.5 Å². The Bertz CT molecular complexity index is 320. The predicted octanol–water partition coefficient (Wildman–Crippen LogP) is 1.26. The summed E-state index contributed by atoms with van der Waals surface area (Å²) >= 11 is 0. The number of hydrogen-bond acceptors (Lipinski definition) is 3. The molecule has 1 amide bonds. The van der Waals surface area contributed by atoms with Crippen molar-refractivity contribution in [2.24, 2.45) is 5.73 Å². The minimum absolute atomic E-state index is 0. The Morgan fingerprint density at radius 3 is 2.65 bits per heavy atom. The number of carbonyl (C=O) groups is 1. The number of amides is 1. The lowest BCUT2D eigenvalue weighted by molar-refractivity contribution is -0.125. The molecule has 96 valence electrons. The zero-order chi connectivity index (χ0) is 11.8. The van der Waals surface area contributed by atoms with Crippen LogP contribution in [0.3, 0.4) is 0 Å². The van der Waals surface area contributed by atoms with Gasteiger partial charge in [-0.05, 0) is 12.5 Å². The second-order valence-corrected chi connectivity index (χ2v) is 3.46. The van der Waals surface area contributed by atoms with Crippen molar-refractivity contribution in [3.63, 3.8) is 0 Å². The van der Waals surface area contributed by atoms with Crippen molar-refractivity contribution in [2.45, 2.75) is 13.0 Å². The average molecular weight is 259 g/mol. The topological polar surface area (TPSA) is 64.3 Å². The van der Waals surface area contributed by atoms with E-state index in [1.165, 1.54) is 0 Å². The number of halogens is 1. The van der Waals surface area contributed by atoms with E-state index < -0.39 is 0 Å². The first kappa shape index (κ1) is 15.9. The van der Waals surface area contributed by atoms with Gasteiger partial charge in [0.05, 0.1) is 0 Å². The number of nitrogens with two attached hydrogens (primary N) is 1. The van der Waals surface area contributed by atoms with Crippen LogP contribution in [-0.2, 0) is 9.53 Å². The first-order valence-corrected chi connectivity index (χ1v) is 5.39. The lowest BCUT2D eigenvalue weighted by Crippen LogP contribution is -2.34. The van der Waals surface area contributed by atoms with Crippen LogP contribution in [0.15, 0.2) is 30.3 Å². The summed E-state index contributed by atoms with van der Waals surface area (Å²) in [5, 5.41) is 2.73. The van der Waals surface area contributed by atoms with Crippen molar-refractivity contribution in [2.75, 3.05) is 19.8 Å². The molecule has 1 unspecified atom stereocenters. The maximum Gasteiger partial charge on any atom is 0.246 e. The second kappa shape index (κ2) is 8.98. The normalized spacial score (nSPS) is 11.4. The molecule has 5 heteroatoms. The van der Waals surface area contributed by atoms with Gasteiger partial charge in [-0.15, -0.1) is 12.4 Å². The number of ether oxygens (including phenoxy) is 1. The molecule has 4 nitrogen and oxygen atoms in total. The van der Waals surface area contributed by atoms with E-state index in [1.807, 2.05) is 37.3 Å². The zero-order valence-corrected chi connectivity index (χ0v) is 10.7. The molecule has 0 radical (unpaired) electrons. The largest absolute Gasteiger partial charge is 0.372 e. The van der Waals surface area contributed by atoms with E-state index >= 15 is 0 Å². The molecular formula is C12H19ClN2O2. The molecule has 1 rings (SSSR count). The molecule has 3 N–H and O–H groups in total. The summed E-state index contributed by atoms with van der Waals surface area (Å²) in [7, 11) is 0. The van der Waals surface area contributed by atoms with Crippen molar-refractivity contribution in [1.29, 1.82) is 0 Å². The SMILES string of the molecule is CCOCC(=O)NCC(N)c1ccccc1.Cl. The third-order valence-corrected chi connectivity index (χ3v) is 2.18. The van der Waals surface area contributed by atoms with Crippen molar-refractivity contribution in [1.82, 2.24) is 5.32 Å². The number of benzene rings is 1. The fourth-order valence-electron chi connectivity index (χ4n) is 1.29. The lowest BCUT2D eigenvalue weighted by Gasteiger charge is -2.12. The number of rotatable bonds is 6. The molecule has 0 saturated heterocycles. The standard InChI is InChI=1S/C12H18N2O2.ClH/c1-2-16-9-12(15)14-8-11(13)10-6-4-3-5-7-10;/h3-7,11H,2,8-9,13H2,1H3,(H,14,15);1H. The van der Waals surface area contributed by atoms with E-state index in [4.69, 9.17) is 10.5 Å². The Morgan fingerprint density at radius 2 is 2.06 bits per heavy atom. The third-order valence-electron chi connectivity index (χ3n) is 2.18. The van der Waals surface area contributed by atoms with Gasteiger partial charge in [-0.25, -0.2) is 0 Å². The number of nitrogens with one attached hydrogen (secondary N) is 1. The van der Waals surface area contributed by atoms with Gasteiger partial charge in [0.25, 0.3) is 0 Å². The Balaban J connectivity index is 0.00000256. The summed E-state index contributed by atoms with van der Waals surface area (Å²) in [4.78, 5) is 11.2. The Hall–Kier alpha value is -1.10. The zero-order valence-electron chi connectivity index (χ0n) is 9.89. The van der Waals surface area contributed by atoms with Gasteiger partial charge in [-0.1, -0.05) is 30.3 Å². The quantitative estimate of drug-likeness (QED) is 0.808. The van der Waals surface area contributed by atoms with Gasteiger partial charge < -0.3 is 15.8 Å². The van der Waals surface area contributed by atoms with Gasteiger partial charge in [-0.2, -0.15) is 0 Å². The van der Waals surface area contributed by atoms with Crippen LogP contribution in [0.2, 0.25) is 0 Å². The third kappa shape index (κ3) is 6.26. The molecule has 0 spiro atoms. The minimum atomic E-state index is -0.174. The maximum atomic E-state index is 11.2. The highest BCUT2D eigenvalue weighted by Crippen LogP contribution is 2.07. The summed E-state index contributed by atoms with van der Waals surface area (Å²) < 4.78 is 4.98. The van der Waals surface area contributed by atoms with Gasteiger partial charge in [-0.3, -0.25) is 4.79 Å². The van der Waals surface area contributed by atoms with Gasteiger partial charge in [0.1, 0.15) is 6.61 Å². The molecule has 1 aromatic carbocycles. The molecule has 0 aromatic heterocycles. The molecule has 17 heavy (non-hydrogen) atoms. The van der Waals surface area contributed by atoms with E-state index in [-0.39, 0.29) is 31.0 Å². The van der Waals surface area contributed by atoms with Gasteiger partial charge in [0.15, 0.2) is 0 Å². The summed E-state index contributed by atoms with van der Waals surface area (Å²) in [6.45, 7) is 2.91. The summed E-state index contributed by atoms with van der Waals surface area (Å²) in [5.41, 5.74) is 6.93. The first-order valence-electron chi connectivity index (χ1n) is 5.39. The van der Waals surface area contributed by atoms with Gasteiger partial charge in [0.2, 0.25) is 5.91 Å². The molecule has 0 heterocycles. The van der Waals surface area contributed by atoms with Crippen LogP contribution >= 0.6 is 12.4 Å². The first-order chi connectivity index (χ1) is 7.74. The van der Waals surface area contributed by atoms with Crippen molar-refractivity contribution >= 4 is 18.3 Å². The second-order valence-electron chi connectivity index (χ2n) is 3.46. The van der Waals surface area contributed by atoms with E-state index in [0.717, 1.165) is 5.56 Å². The maximum absolute atomic E-state index is 11.2. The Morgan fingerprint density at radius 1 is 1.41 bits per heavy atom. The number of hydrogen-bond donors (Lipinski definition) is 2. The monoisotopic (exact) mass is 258 g/mol. The van der Waals surface area contributed by atoms with Crippen molar-refractivity contribution in [3.8, 4) is 0 Å². The van der Waals surface area contributed by atoms with E-state index in [0.29, 0.717) is 13.2 Å². The Kier molecular flexibility index (Phi) is 8.40. The van der Waals surface area contributed by atoms with Crippen molar-refractivity contribution in [3.05, 3.63) is 35.9 Å². The van der Waals surface area contributed by atoms with Gasteiger partial charge >= 0.3 is 0 Å². The lowest BCUT2D eigenvalue weighted by atomic mass is 10.1. The number of carbonyl (C=O) groups excluding carboxylic acids is 1. The average Bonchev–Trinajstić information content (AvgIpc) is 2.34. The molecular weight excluding hydrogens is 240 g/mol. The molecule has 0 aliphatic carbocycles. The minimum Gasteiger partial charge on any atom is -0.372 e. The predicted molar refractivity (Wildman–Crippen MR) is 70.1 cm³/mol. The van der Waals surface area contributed by atoms with E-state index in [9.17, 15) is 4.79 Å². The van der Waals surface area contributed by atoms with E-state index in [2.05, 4.69) is 5.32 Å². The molecule has 0 aliphatic rings. The van der Waals surface area contributed by atoms with Crippen LogP contribution in [0.5, 0.6) is 0 Å². The van der Waals surface area contributed by atoms with Crippen LogP contribution in [0, 0.1) is 0 Å². The highest BCUT2D eigenvalue weighted by atomic mass is 35.5. The van der Waals surface area contributed by atoms with Crippen LogP contribution < -0.4 is 11.1 Å². The molecule has 0 bridgehead atoms. The highest BCUT2D eigenvalue weighted by Gasteiger charge is 2.07. The molecule has 1 atom stereocenters. The van der Waals surface area contributed by atoms with Crippen LogP contribution in [-0.4, -0.2) is 25.7 Å². The molecule has 1 aromatic rings. The smallest absolute Gasteiger partial charge is 0.246 e. The van der Waals surface area contributed by atoms with Crippen LogP contribution in [0.4, 0.5) is 0 Å².